The van der Waals surface area contributed by atoms with Crippen LogP contribution in [0.1, 0.15) is 12.5 Å². The second-order valence-electron chi connectivity index (χ2n) is 8.15. The first-order valence-electron chi connectivity index (χ1n) is 10.0. The maximum atomic E-state index is 12.4. The highest BCUT2D eigenvalue weighted by atomic mass is 16.5. The van der Waals surface area contributed by atoms with E-state index < -0.39 is 17.1 Å². The Kier molecular flexibility index (Phi) is 4.49. The standard InChI is InChI=1S/C20H24N6O4/c1-2-30-15-5-3-14(4-6-15)26-18(28)16(17(27)22-19(26)29)7-21-20-8-23-11-24(9-20)13-25(10-20)12-23/h3-7,28H,2,8-13H2,1H3,(H,22,27,29). The molecule has 0 aliphatic carbocycles. The predicted molar refractivity (Wildman–Crippen MR) is 111 cm³/mol. The molecule has 4 bridgehead atoms. The third kappa shape index (κ3) is 3.22. The summed E-state index contributed by atoms with van der Waals surface area (Å²) < 4.78 is 6.48. The third-order valence-corrected chi connectivity index (χ3v) is 5.75. The lowest BCUT2D eigenvalue weighted by molar-refractivity contribution is -0.139. The number of aliphatic imine (C=N–C) groups is 1. The summed E-state index contributed by atoms with van der Waals surface area (Å²) in [6.45, 7) is 7.65. The lowest BCUT2D eigenvalue weighted by atomic mass is 9.92. The number of nitrogens with zero attached hydrogens (tertiary/aromatic N) is 5. The molecule has 2 N–H and O–H groups in total. The van der Waals surface area contributed by atoms with E-state index in [2.05, 4.69) is 19.7 Å². The van der Waals surface area contributed by atoms with E-state index in [9.17, 15) is 14.7 Å². The summed E-state index contributed by atoms with van der Waals surface area (Å²) >= 11 is 0. The van der Waals surface area contributed by atoms with Crippen LogP contribution in [0.2, 0.25) is 0 Å². The monoisotopic (exact) mass is 412 g/mol. The van der Waals surface area contributed by atoms with Gasteiger partial charge in [-0.05, 0) is 31.2 Å². The fraction of sp³-hybridized carbons (Fsp3) is 0.450. The van der Waals surface area contributed by atoms with Gasteiger partial charge in [-0.2, -0.15) is 0 Å². The summed E-state index contributed by atoms with van der Waals surface area (Å²) in [6.07, 6.45) is 1.41. The average Bonchev–Trinajstić information content (AvgIpc) is 2.68. The van der Waals surface area contributed by atoms with Crippen LogP contribution in [0.15, 0.2) is 38.8 Å². The molecule has 4 aliphatic rings. The van der Waals surface area contributed by atoms with Crippen molar-refractivity contribution in [3.63, 3.8) is 0 Å². The molecule has 0 spiro atoms. The van der Waals surface area contributed by atoms with Gasteiger partial charge in [-0.15, -0.1) is 0 Å². The highest BCUT2D eigenvalue weighted by molar-refractivity contribution is 5.82. The summed E-state index contributed by atoms with van der Waals surface area (Å²) in [6, 6.07) is 6.71. The first-order valence-corrected chi connectivity index (χ1v) is 10.0. The Labute approximate surface area is 172 Å². The Morgan fingerprint density at radius 2 is 1.70 bits per heavy atom. The number of H-pyrrole nitrogens is 1. The molecule has 4 fully saturated rings. The Hall–Kier alpha value is -2.95. The Morgan fingerprint density at radius 1 is 1.10 bits per heavy atom. The second-order valence-corrected chi connectivity index (χ2v) is 8.15. The molecular formula is C20H24N6O4. The van der Waals surface area contributed by atoms with E-state index in [1.54, 1.807) is 24.3 Å². The molecule has 0 amide bonds. The summed E-state index contributed by atoms with van der Waals surface area (Å²) in [4.78, 5) is 38.8. The number of aromatic nitrogens is 2. The molecule has 4 saturated heterocycles. The number of rotatable bonds is 5. The van der Waals surface area contributed by atoms with Gasteiger partial charge in [-0.1, -0.05) is 0 Å². The van der Waals surface area contributed by atoms with Gasteiger partial charge in [0, 0.05) is 25.8 Å². The van der Waals surface area contributed by atoms with Crippen LogP contribution < -0.4 is 16.0 Å². The highest BCUT2D eigenvalue weighted by Crippen LogP contribution is 2.31. The lowest BCUT2D eigenvalue weighted by Crippen LogP contribution is -2.75. The van der Waals surface area contributed by atoms with Crippen LogP contribution in [0.4, 0.5) is 0 Å². The normalized spacial score (nSPS) is 29.6. The van der Waals surface area contributed by atoms with Crippen LogP contribution in [-0.4, -0.2) is 87.4 Å². The Bertz CT molecular complexity index is 1070. The number of ether oxygens (including phenoxy) is 1. The fourth-order valence-electron chi connectivity index (χ4n) is 4.76. The van der Waals surface area contributed by atoms with Gasteiger partial charge in [0.15, 0.2) is 0 Å². The van der Waals surface area contributed by atoms with Crippen LogP contribution in [0.3, 0.4) is 0 Å². The molecule has 0 saturated carbocycles. The summed E-state index contributed by atoms with van der Waals surface area (Å²) in [7, 11) is 0. The first-order chi connectivity index (χ1) is 14.5. The van der Waals surface area contributed by atoms with Gasteiger partial charge in [0.2, 0.25) is 5.88 Å². The van der Waals surface area contributed by atoms with E-state index in [-0.39, 0.29) is 11.1 Å². The molecule has 10 nitrogen and oxygen atoms in total. The summed E-state index contributed by atoms with van der Waals surface area (Å²) in [5.41, 5.74) is -1.32. The van der Waals surface area contributed by atoms with E-state index >= 15 is 0 Å². The van der Waals surface area contributed by atoms with Crippen molar-refractivity contribution in [3.8, 4) is 17.3 Å². The zero-order valence-electron chi connectivity index (χ0n) is 16.7. The minimum absolute atomic E-state index is 0.0285. The van der Waals surface area contributed by atoms with Crippen molar-refractivity contribution in [1.82, 2.24) is 24.3 Å². The fourth-order valence-corrected chi connectivity index (χ4v) is 4.76. The van der Waals surface area contributed by atoms with Gasteiger partial charge in [-0.25, -0.2) is 9.36 Å². The third-order valence-electron chi connectivity index (χ3n) is 5.75. The Morgan fingerprint density at radius 3 is 2.27 bits per heavy atom. The van der Waals surface area contributed by atoms with Gasteiger partial charge in [0.1, 0.15) is 11.3 Å². The van der Waals surface area contributed by atoms with E-state index in [0.717, 1.165) is 44.2 Å². The maximum Gasteiger partial charge on any atom is 0.335 e. The van der Waals surface area contributed by atoms with E-state index in [1.165, 1.54) is 6.21 Å². The molecule has 6 rings (SSSR count). The summed E-state index contributed by atoms with van der Waals surface area (Å²) in [5, 5.41) is 10.8. The van der Waals surface area contributed by atoms with Gasteiger partial charge in [-0.3, -0.25) is 29.5 Å². The first kappa shape index (κ1) is 19.0. The minimum atomic E-state index is -0.711. The lowest BCUT2D eigenvalue weighted by Gasteiger charge is -2.59. The zero-order chi connectivity index (χ0) is 20.9. The molecule has 158 valence electrons. The molecule has 10 heteroatoms. The summed E-state index contributed by atoms with van der Waals surface area (Å²) in [5.74, 6) is 0.226. The number of benzene rings is 1. The van der Waals surface area contributed by atoms with Gasteiger partial charge < -0.3 is 9.84 Å². The molecule has 30 heavy (non-hydrogen) atoms. The number of aromatic hydroxyl groups is 1. The molecule has 4 aliphatic heterocycles. The molecule has 1 aromatic carbocycles. The van der Waals surface area contributed by atoms with Gasteiger partial charge >= 0.3 is 5.69 Å². The number of hydrogen-bond acceptors (Lipinski definition) is 8. The number of aromatic amines is 1. The highest BCUT2D eigenvalue weighted by Gasteiger charge is 2.48. The SMILES string of the molecule is CCOc1ccc(-n2c(O)c(C=NC34CN5CN(CN(C5)C3)C4)c(=O)[nH]c2=O)cc1. The van der Waals surface area contributed by atoms with Crippen molar-refractivity contribution < 1.29 is 9.84 Å². The van der Waals surface area contributed by atoms with Crippen LogP contribution in [0.25, 0.3) is 5.69 Å². The van der Waals surface area contributed by atoms with Crippen molar-refractivity contribution in [2.75, 3.05) is 46.2 Å². The van der Waals surface area contributed by atoms with Crippen molar-refractivity contribution in [1.29, 1.82) is 0 Å². The van der Waals surface area contributed by atoms with E-state index in [4.69, 9.17) is 9.73 Å². The molecule has 1 aromatic heterocycles. The largest absolute Gasteiger partial charge is 0.494 e. The van der Waals surface area contributed by atoms with Crippen molar-refractivity contribution >= 4 is 6.21 Å². The van der Waals surface area contributed by atoms with Crippen LogP contribution in [0.5, 0.6) is 11.6 Å². The van der Waals surface area contributed by atoms with E-state index in [1.807, 2.05) is 6.92 Å². The average molecular weight is 412 g/mol. The molecular weight excluding hydrogens is 388 g/mol. The molecule has 0 radical (unpaired) electrons. The minimum Gasteiger partial charge on any atom is -0.494 e. The maximum absolute atomic E-state index is 12.4. The van der Waals surface area contributed by atoms with Crippen molar-refractivity contribution in [2.45, 2.75) is 12.5 Å². The number of nitrogens with one attached hydrogen (secondary N) is 1. The van der Waals surface area contributed by atoms with Gasteiger partial charge in [0.25, 0.3) is 5.56 Å². The number of hydrogen-bond donors (Lipinski definition) is 2. The van der Waals surface area contributed by atoms with Crippen LogP contribution >= 0.6 is 0 Å². The van der Waals surface area contributed by atoms with Gasteiger partial charge in [0.05, 0.1) is 37.8 Å². The van der Waals surface area contributed by atoms with Crippen LogP contribution in [0, 0.1) is 0 Å². The second kappa shape index (κ2) is 7.08. The van der Waals surface area contributed by atoms with Crippen molar-refractivity contribution in [3.05, 3.63) is 50.7 Å². The predicted octanol–water partition coefficient (Wildman–Crippen LogP) is -0.393. The van der Waals surface area contributed by atoms with E-state index in [0.29, 0.717) is 18.0 Å². The topological polar surface area (TPSA) is 106 Å². The smallest absolute Gasteiger partial charge is 0.335 e. The van der Waals surface area contributed by atoms with Crippen LogP contribution in [-0.2, 0) is 0 Å². The van der Waals surface area contributed by atoms with Crippen molar-refractivity contribution in [2.24, 2.45) is 4.99 Å². The Balaban J connectivity index is 1.50. The molecule has 0 unspecified atom stereocenters. The quantitative estimate of drug-likeness (QED) is 0.644. The molecule has 5 heterocycles. The molecule has 2 aromatic rings. The molecule has 0 atom stereocenters. The zero-order valence-corrected chi connectivity index (χ0v) is 16.7.